The van der Waals surface area contributed by atoms with E-state index >= 15 is 0 Å². The summed E-state index contributed by atoms with van der Waals surface area (Å²) in [7, 11) is 1.38. The van der Waals surface area contributed by atoms with Gasteiger partial charge in [0.25, 0.3) is 0 Å². The van der Waals surface area contributed by atoms with Gasteiger partial charge < -0.3 is 10.5 Å². The Morgan fingerprint density at radius 2 is 2.21 bits per heavy atom. The normalized spacial score (nSPS) is 9.93. The third kappa shape index (κ3) is 2.33. The fourth-order valence-corrected chi connectivity index (χ4v) is 1.38. The van der Waals surface area contributed by atoms with Crippen molar-refractivity contribution in [1.82, 2.24) is 0 Å². The molecule has 1 aromatic rings. The van der Waals surface area contributed by atoms with Gasteiger partial charge in [0, 0.05) is 0 Å². The molecule has 2 N–H and O–H groups in total. The number of aryl methyl sites for hydroxylation is 1. The van der Waals surface area contributed by atoms with Crippen molar-refractivity contribution in [3.8, 4) is 0 Å². The molecule has 0 amide bonds. The fraction of sp³-hybridized carbons (Fsp3) is 0.364. The standard InChI is InChI=1S/C11H15NO2/c1-8-7-10(11(13)14-2)4-3-9(8)5-6-12/h3-4,7H,5-6,12H2,1-2H3. The largest absolute Gasteiger partial charge is 0.465 e. The second kappa shape index (κ2) is 4.77. The Labute approximate surface area is 83.9 Å². The number of methoxy groups -OCH3 is 1. The molecule has 1 aromatic carbocycles. The monoisotopic (exact) mass is 193 g/mol. The molecule has 0 fully saturated rings. The first kappa shape index (κ1) is 10.7. The van der Waals surface area contributed by atoms with E-state index in [1.807, 2.05) is 19.1 Å². The molecule has 3 heteroatoms. The minimum Gasteiger partial charge on any atom is -0.465 e. The van der Waals surface area contributed by atoms with Crippen LogP contribution in [0, 0.1) is 6.92 Å². The van der Waals surface area contributed by atoms with Gasteiger partial charge in [-0.15, -0.1) is 0 Å². The Morgan fingerprint density at radius 1 is 1.50 bits per heavy atom. The second-order valence-electron chi connectivity index (χ2n) is 3.17. The quantitative estimate of drug-likeness (QED) is 0.736. The van der Waals surface area contributed by atoms with E-state index in [0.29, 0.717) is 12.1 Å². The molecule has 0 aliphatic carbocycles. The van der Waals surface area contributed by atoms with Crippen molar-refractivity contribution in [3.05, 3.63) is 34.9 Å². The van der Waals surface area contributed by atoms with E-state index in [0.717, 1.165) is 12.0 Å². The van der Waals surface area contributed by atoms with Crippen LogP contribution < -0.4 is 5.73 Å². The maximum Gasteiger partial charge on any atom is 0.337 e. The van der Waals surface area contributed by atoms with Gasteiger partial charge in [-0.1, -0.05) is 6.07 Å². The molecular formula is C11H15NO2. The first-order valence-corrected chi connectivity index (χ1v) is 4.57. The van der Waals surface area contributed by atoms with Crippen molar-refractivity contribution in [2.75, 3.05) is 13.7 Å². The molecule has 3 nitrogen and oxygen atoms in total. The van der Waals surface area contributed by atoms with Crippen LogP contribution in [0.2, 0.25) is 0 Å². The predicted molar refractivity (Wildman–Crippen MR) is 55.3 cm³/mol. The molecule has 0 aliphatic heterocycles. The van der Waals surface area contributed by atoms with Crippen LogP contribution in [0.4, 0.5) is 0 Å². The van der Waals surface area contributed by atoms with Gasteiger partial charge in [0.1, 0.15) is 0 Å². The Kier molecular flexibility index (Phi) is 3.65. The number of hydrogen-bond donors (Lipinski definition) is 1. The van der Waals surface area contributed by atoms with Gasteiger partial charge >= 0.3 is 5.97 Å². The van der Waals surface area contributed by atoms with Crippen molar-refractivity contribution in [1.29, 1.82) is 0 Å². The molecule has 76 valence electrons. The number of carbonyl (C=O) groups is 1. The van der Waals surface area contributed by atoms with Crippen LogP contribution in [0.1, 0.15) is 21.5 Å². The molecule has 0 saturated carbocycles. The molecular weight excluding hydrogens is 178 g/mol. The third-order valence-corrected chi connectivity index (χ3v) is 2.18. The van der Waals surface area contributed by atoms with Crippen molar-refractivity contribution in [3.63, 3.8) is 0 Å². The summed E-state index contributed by atoms with van der Waals surface area (Å²) in [5.41, 5.74) is 8.31. The summed E-state index contributed by atoms with van der Waals surface area (Å²) in [5, 5.41) is 0. The molecule has 0 spiro atoms. The van der Waals surface area contributed by atoms with Gasteiger partial charge in [-0.2, -0.15) is 0 Å². The Morgan fingerprint density at radius 3 is 2.71 bits per heavy atom. The third-order valence-electron chi connectivity index (χ3n) is 2.18. The summed E-state index contributed by atoms with van der Waals surface area (Å²) in [6, 6.07) is 5.52. The lowest BCUT2D eigenvalue weighted by Crippen LogP contribution is -2.06. The smallest absolute Gasteiger partial charge is 0.337 e. The highest BCUT2D eigenvalue weighted by atomic mass is 16.5. The first-order valence-electron chi connectivity index (χ1n) is 4.57. The van der Waals surface area contributed by atoms with Crippen molar-refractivity contribution < 1.29 is 9.53 Å². The van der Waals surface area contributed by atoms with Crippen molar-refractivity contribution >= 4 is 5.97 Å². The van der Waals surface area contributed by atoms with Crippen molar-refractivity contribution in [2.24, 2.45) is 5.73 Å². The lowest BCUT2D eigenvalue weighted by atomic mass is 10.0. The first-order chi connectivity index (χ1) is 6.69. The lowest BCUT2D eigenvalue weighted by Gasteiger charge is -2.06. The van der Waals surface area contributed by atoms with E-state index in [-0.39, 0.29) is 5.97 Å². The number of carbonyl (C=O) groups excluding carboxylic acids is 1. The molecule has 0 radical (unpaired) electrons. The van der Waals surface area contributed by atoms with Crippen molar-refractivity contribution in [2.45, 2.75) is 13.3 Å². The molecule has 0 heterocycles. The molecule has 0 atom stereocenters. The van der Waals surface area contributed by atoms with Crippen LogP contribution in [0.25, 0.3) is 0 Å². The van der Waals surface area contributed by atoms with Crippen LogP contribution in [0.3, 0.4) is 0 Å². The number of hydrogen-bond acceptors (Lipinski definition) is 3. The molecule has 0 aliphatic rings. The van der Waals surface area contributed by atoms with Gasteiger partial charge in [0.05, 0.1) is 12.7 Å². The number of nitrogens with two attached hydrogens (primary N) is 1. The van der Waals surface area contributed by atoms with Gasteiger partial charge in [0.2, 0.25) is 0 Å². The minimum atomic E-state index is -0.299. The molecule has 0 aromatic heterocycles. The SMILES string of the molecule is COC(=O)c1ccc(CCN)c(C)c1. The van der Waals surface area contributed by atoms with Crippen LogP contribution in [0.15, 0.2) is 18.2 Å². The zero-order valence-electron chi connectivity index (χ0n) is 8.54. The molecule has 1 rings (SSSR count). The Balaban J connectivity index is 2.94. The molecule has 0 saturated heterocycles. The number of ether oxygens (including phenoxy) is 1. The molecule has 0 unspecified atom stereocenters. The number of esters is 1. The molecule has 0 bridgehead atoms. The predicted octanol–water partition coefficient (Wildman–Crippen LogP) is 1.28. The van der Waals surface area contributed by atoms with Gasteiger partial charge in [0.15, 0.2) is 0 Å². The highest BCUT2D eigenvalue weighted by Crippen LogP contribution is 2.12. The van der Waals surface area contributed by atoms with E-state index in [1.165, 1.54) is 12.7 Å². The van der Waals surface area contributed by atoms with Crippen LogP contribution in [-0.2, 0) is 11.2 Å². The summed E-state index contributed by atoms with van der Waals surface area (Å²) in [6.07, 6.45) is 0.841. The highest BCUT2D eigenvalue weighted by molar-refractivity contribution is 5.89. The second-order valence-corrected chi connectivity index (χ2v) is 3.17. The summed E-state index contributed by atoms with van der Waals surface area (Å²) < 4.78 is 4.63. The average molecular weight is 193 g/mol. The number of rotatable bonds is 3. The highest BCUT2D eigenvalue weighted by Gasteiger charge is 2.06. The zero-order chi connectivity index (χ0) is 10.6. The Hall–Kier alpha value is -1.35. The summed E-state index contributed by atoms with van der Waals surface area (Å²) in [4.78, 5) is 11.2. The van der Waals surface area contributed by atoms with E-state index in [1.54, 1.807) is 6.07 Å². The van der Waals surface area contributed by atoms with E-state index < -0.39 is 0 Å². The van der Waals surface area contributed by atoms with E-state index in [4.69, 9.17) is 5.73 Å². The van der Waals surface area contributed by atoms with Crippen LogP contribution in [0.5, 0.6) is 0 Å². The summed E-state index contributed by atoms with van der Waals surface area (Å²) >= 11 is 0. The summed E-state index contributed by atoms with van der Waals surface area (Å²) in [5.74, 6) is -0.299. The maximum atomic E-state index is 11.2. The van der Waals surface area contributed by atoms with Gasteiger partial charge in [-0.25, -0.2) is 4.79 Å². The summed E-state index contributed by atoms with van der Waals surface area (Å²) in [6.45, 7) is 2.59. The van der Waals surface area contributed by atoms with Gasteiger partial charge in [-0.3, -0.25) is 0 Å². The molecule has 14 heavy (non-hydrogen) atoms. The van der Waals surface area contributed by atoms with Gasteiger partial charge in [-0.05, 0) is 43.1 Å². The maximum absolute atomic E-state index is 11.2. The minimum absolute atomic E-state index is 0.299. The number of benzene rings is 1. The van der Waals surface area contributed by atoms with E-state index in [9.17, 15) is 4.79 Å². The van der Waals surface area contributed by atoms with Crippen LogP contribution in [-0.4, -0.2) is 19.6 Å². The fourth-order valence-electron chi connectivity index (χ4n) is 1.38. The average Bonchev–Trinajstić information content (AvgIpc) is 2.20. The zero-order valence-corrected chi connectivity index (χ0v) is 8.54. The van der Waals surface area contributed by atoms with Crippen LogP contribution >= 0.6 is 0 Å². The Bertz CT molecular complexity index is 334. The topological polar surface area (TPSA) is 52.3 Å². The van der Waals surface area contributed by atoms with E-state index in [2.05, 4.69) is 4.74 Å². The lowest BCUT2D eigenvalue weighted by molar-refractivity contribution is 0.0600.